The van der Waals surface area contributed by atoms with Crippen LogP contribution in [0.4, 0.5) is 0 Å². The van der Waals surface area contributed by atoms with Gasteiger partial charge in [0.15, 0.2) is 5.60 Å². The molecule has 174 valence electrons. The van der Waals surface area contributed by atoms with Crippen molar-refractivity contribution >= 4 is 23.5 Å². The molecule has 0 aromatic heterocycles. The first kappa shape index (κ1) is 22.3. The van der Waals surface area contributed by atoms with Crippen molar-refractivity contribution in [3.63, 3.8) is 0 Å². The van der Waals surface area contributed by atoms with Crippen molar-refractivity contribution < 1.29 is 23.8 Å². The molecule has 0 unspecified atom stereocenters. The molecule has 0 aliphatic carbocycles. The summed E-state index contributed by atoms with van der Waals surface area (Å²) in [5.74, 6) is 0.754. The van der Waals surface area contributed by atoms with Crippen LogP contribution in [0.2, 0.25) is 5.02 Å². The molecule has 0 bridgehead atoms. The number of halogens is 1. The standard InChI is InChI=1S/C27H24ClNO5/c1-27(15-18-13-19(28)10-11-22(18)34-27)26(31)29-21-14-24(33-23-9-4-3-8-20(21)23)16-6-5-7-17(12-16)25(30)32-2/h3-13,21,24H,14-15H2,1-2H3,(H,29,31)/t21-,24-,27-/m1/s1. The van der Waals surface area contributed by atoms with Crippen molar-refractivity contribution in [1.82, 2.24) is 5.32 Å². The summed E-state index contributed by atoms with van der Waals surface area (Å²) in [6, 6.07) is 19.9. The quantitative estimate of drug-likeness (QED) is 0.523. The van der Waals surface area contributed by atoms with Crippen LogP contribution >= 0.6 is 11.6 Å². The number of hydrogen-bond acceptors (Lipinski definition) is 5. The molecule has 0 saturated heterocycles. The Morgan fingerprint density at radius 3 is 2.71 bits per heavy atom. The average molecular weight is 478 g/mol. The van der Waals surface area contributed by atoms with Crippen LogP contribution in [0.25, 0.3) is 0 Å². The zero-order valence-corrected chi connectivity index (χ0v) is 19.6. The lowest BCUT2D eigenvalue weighted by Gasteiger charge is -2.34. The minimum absolute atomic E-state index is 0.205. The Balaban J connectivity index is 1.40. The van der Waals surface area contributed by atoms with Crippen LogP contribution in [-0.2, 0) is 16.0 Å². The number of hydrogen-bond donors (Lipinski definition) is 1. The fourth-order valence-corrected chi connectivity index (χ4v) is 4.80. The number of carbonyl (C=O) groups excluding carboxylic acids is 2. The van der Waals surface area contributed by atoms with Crippen molar-refractivity contribution in [2.24, 2.45) is 0 Å². The van der Waals surface area contributed by atoms with Gasteiger partial charge in [0.25, 0.3) is 5.91 Å². The van der Waals surface area contributed by atoms with Crippen LogP contribution in [0.1, 0.15) is 52.5 Å². The van der Waals surface area contributed by atoms with E-state index in [1.165, 1.54) is 7.11 Å². The maximum absolute atomic E-state index is 13.5. The Hall–Kier alpha value is -3.51. The molecule has 1 amide bonds. The second-order valence-corrected chi connectivity index (χ2v) is 9.22. The molecular formula is C27H24ClNO5. The topological polar surface area (TPSA) is 73.9 Å². The van der Waals surface area contributed by atoms with Gasteiger partial charge < -0.3 is 19.5 Å². The van der Waals surface area contributed by atoms with Gasteiger partial charge in [-0.25, -0.2) is 4.79 Å². The Bertz CT molecular complexity index is 1280. The van der Waals surface area contributed by atoms with E-state index in [-0.39, 0.29) is 18.1 Å². The monoisotopic (exact) mass is 477 g/mol. The Morgan fingerprint density at radius 1 is 1.06 bits per heavy atom. The van der Waals surface area contributed by atoms with Gasteiger partial charge in [0, 0.05) is 29.0 Å². The van der Waals surface area contributed by atoms with Crippen LogP contribution in [-0.4, -0.2) is 24.6 Å². The molecule has 0 fully saturated rings. The minimum Gasteiger partial charge on any atom is -0.485 e. The van der Waals surface area contributed by atoms with E-state index in [0.717, 1.165) is 16.7 Å². The van der Waals surface area contributed by atoms with E-state index in [9.17, 15) is 9.59 Å². The second kappa shape index (κ2) is 8.69. The lowest BCUT2D eigenvalue weighted by atomic mass is 9.91. The Morgan fingerprint density at radius 2 is 1.88 bits per heavy atom. The minimum atomic E-state index is -1.04. The number of para-hydroxylation sites is 1. The molecule has 0 saturated carbocycles. The van der Waals surface area contributed by atoms with Crippen LogP contribution in [0.15, 0.2) is 66.7 Å². The van der Waals surface area contributed by atoms with Crippen molar-refractivity contribution in [2.75, 3.05) is 7.11 Å². The highest BCUT2D eigenvalue weighted by Crippen LogP contribution is 2.42. The molecule has 5 rings (SSSR count). The highest BCUT2D eigenvalue weighted by Gasteiger charge is 2.43. The summed E-state index contributed by atoms with van der Waals surface area (Å²) in [6.45, 7) is 1.79. The van der Waals surface area contributed by atoms with Gasteiger partial charge in [0.05, 0.1) is 18.7 Å². The average Bonchev–Trinajstić information content (AvgIpc) is 3.20. The summed E-state index contributed by atoms with van der Waals surface area (Å²) >= 11 is 6.12. The molecule has 3 aromatic rings. The summed E-state index contributed by atoms with van der Waals surface area (Å²) < 4.78 is 17.2. The zero-order valence-electron chi connectivity index (χ0n) is 18.8. The van der Waals surface area contributed by atoms with E-state index in [1.807, 2.05) is 36.4 Å². The summed E-state index contributed by atoms with van der Waals surface area (Å²) in [4.78, 5) is 25.5. The van der Waals surface area contributed by atoms with Crippen molar-refractivity contribution in [1.29, 1.82) is 0 Å². The number of esters is 1. The maximum Gasteiger partial charge on any atom is 0.337 e. The number of rotatable bonds is 4. The molecular weight excluding hydrogens is 454 g/mol. The van der Waals surface area contributed by atoms with Gasteiger partial charge in [-0.3, -0.25) is 4.79 Å². The fourth-order valence-electron chi connectivity index (χ4n) is 4.61. The number of ether oxygens (including phenoxy) is 3. The summed E-state index contributed by atoms with van der Waals surface area (Å²) in [5, 5.41) is 3.80. The Labute approximate surface area is 202 Å². The molecule has 6 nitrogen and oxygen atoms in total. The van der Waals surface area contributed by atoms with Gasteiger partial charge in [0.1, 0.15) is 17.6 Å². The smallest absolute Gasteiger partial charge is 0.337 e. The third-order valence-electron chi connectivity index (χ3n) is 6.36. The Kier molecular flexibility index (Phi) is 5.70. The molecule has 0 radical (unpaired) electrons. The van der Waals surface area contributed by atoms with E-state index in [2.05, 4.69) is 5.32 Å². The number of carbonyl (C=O) groups is 2. The molecule has 2 heterocycles. The first-order chi connectivity index (χ1) is 16.4. The SMILES string of the molecule is COC(=O)c1cccc([C@H]2C[C@@H](NC(=O)[C@@]3(C)Cc4cc(Cl)ccc4O3)c3ccccc3O2)c1. The van der Waals surface area contributed by atoms with Crippen LogP contribution in [0.5, 0.6) is 11.5 Å². The van der Waals surface area contributed by atoms with E-state index in [0.29, 0.717) is 34.9 Å². The first-order valence-electron chi connectivity index (χ1n) is 11.1. The van der Waals surface area contributed by atoms with E-state index in [4.69, 9.17) is 25.8 Å². The fraction of sp³-hybridized carbons (Fsp3) is 0.259. The third kappa shape index (κ3) is 4.10. The largest absolute Gasteiger partial charge is 0.485 e. The highest BCUT2D eigenvalue weighted by atomic mass is 35.5. The first-order valence-corrected chi connectivity index (χ1v) is 11.5. The summed E-state index contributed by atoms with van der Waals surface area (Å²) in [6.07, 6.45) is 0.588. The van der Waals surface area contributed by atoms with Gasteiger partial charge in [-0.2, -0.15) is 0 Å². The molecule has 3 atom stereocenters. The number of nitrogens with one attached hydrogen (secondary N) is 1. The number of methoxy groups -OCH3 is 1. The number of fused-ring (bicyclic) bond motifs is 2. The summed E-state index contributed by atoms with van der Waals surface area (Å²) in [5.41, 5.74) is 2.06. The van der Waals surface area contributed by atoms with E-state index < -0.39 is 11.6 Å². The molecule has 34 heavy (non-hydrogen) atoms. The third-order valence-corrected chi connectivity index (χ3v) is 6.60. The second-order valence-electron chi connectivity index (χ2n) is 8.78. The predicted octanol–water partition coefficient (Wildman–Crippen LogP) is 5.20. The van der Waals surface area contributed by atoms with Gasteiger partial charge >= 0.3 is 5.97 Å². The molecule has 3 aromatic carbocycles. The van der Waals surface area contributed by atoms with Gasteiger partial charge in [-0.15, -0.1) is 0 Å². The van der Waals surface area contributed by atoms with Gasteiger partial charge in [-0.1, -0.05) is 41.9 Å². The number of amides is 1. The van der Waals surface area contributed by atoms with Gasteiger partial charge in [-0.05, 0) is 48.9 Å². The van der Waals surface area contributed by atoms with E-state index >= 15 is 0 Å². The number of benzene rings is 3. The molecule has 2 aliphatic rings. The predicted molar refractivity (Wildman–Crippen MR) is 127 cm³/mol. The van der Waals surface area contributed by atoms with Crippen LogP contribution < -0.4 is 14.8 Å². The molecule has 2 aliphatic heterocycles. The van der Waals surface area contributed by atoms with Crippen LogP contribution in [0.3, 0.4) is 0 Å². The molecule has 7 heteroatoms. The maximum atomic E-state index is 13.5. The van der Waals surface area contributed by atoms with Crippen LogP contribution in [0, 0.1) is 0 Å². The van der Waals surface area contributed by atoms with Crippen molar-refractivity contribution in [3.8, 4) is 11.5 Å². The van der Waals surface area contributed by atoms with Crippen molar-refractivity contribution in [3.05, 3.63) is 94.0 Å². The lowest BCUT2D eigenvalue weighted by Crippen LogP contribution is -2.49. The van der Waals surface area contributed by atoms with Crippen molar-refractivity contribution in [2.45, 2.75) is 37.5 Å². The molecule has 1 N–H and O–H groups in total. The lowest BCUT2D eigenvalue weighted by molar-refractivity contribution is -0.135. The normalized spacial score (nSPS) is 22.6. The molecule has 0 spiro atoms. The summed E-state index contributed by atoms with van der Waals surface area (Å²) in [7, 11) is 1.35. The van der Waals surface area contributed by atoms with E-state index in [1.54, 1.807) is 37.3 Å². The highest BCUT2D eigenvalue weighted by molar-refractivity contribution is 6.30. The zero-order chi connectivity index (χ0) is 23.9. The van der Waals surface area contributed by atoms with Gasteiger partial charge in [0.2, 0.25) is 0 Å².